The van der Waals surface area contributed by atoms with Crippen molar-refractivity contribution in [1.29, 1.82) is 0 Å². The van der Waals surface area contributed by atoms with Crippen molar-refractivity contribution in [2.45, 2.75) is 5.41 Å². The highest BCUT2D eigenvalue weighted by Gasteiger charge is 2.46. The molecule has 0 N–H and O–H groups in total. The fourth-order valence-electron chi connectivity index (χ4n) is 5.03. The van der Waals surface area contributed by atoms with Crippen LogP contribution >= 0.6 is 11.6 Å². The Bertz CT molecular complexity index is 1410. The molecule has 0 bridgehead atoms. The lowest BCUT2D eigenvalue weighted by Crippen LogP contribution is -2.28. The van der Waals surface area contributed by atoms with Gasteiger partial charge >= 0.3 is 0 Å². The van der Waals surface area contributed by atoms with Crippen LogP contribution in [-0.2, 0) is 5.41 Å². The van der Waals surface area contributed by atoms with Crippen molar-refractivity contribution in [3.8, 4) is 11.1 Å². The van der Waals surface area contributed by atoms with E-state index in [2.05, 4.69) is 96.0 Å². The molecule has 0 spiro atoms. The van der Waals surface area contributed by atoms with Gasteiger partial charge < -0.3 is 0 Å². The summed E-state index contributed by atoms with van der Waals surface area (Å²) in [6, 6.07) is 36.4. The lowest BCUT2D eigenvalue weighted by atomic mass is 9.67. The molecule has 1 nitrogen and oxygen atoms in total. The van der Waals surface area contributed by atoms with Gasteiger partial charge in [-0.2, -0.15) is 0 Å². The second-order valence-corrected chi connectivity index (χ2v) is 8.20. The van der Waals surface area contributed by atoms with E-state index in [9.17, 15) is 0 Å². The highest BCUT2D eigenvalue weighted by atomic mass is 35.5. The Kier molecular flexibility index (Phi) is 3.81. The molecule has 5 aromatic rings. The molecule has 1 unspecified atom stereocenters. The summed E-state index contributed by atoms with van der Waals surface area (Å²) < 4.78 is 0. The van der Waals surface area contributed by atoms with E-state index in [0.29, 0.717) is 0 Å². The zero-order chi connectivity index (χ0) is 20.1. The molecule has 0 saturated heterocycles. The number of rotatable bonds is 2. The van der Waals surface area contributed by atoms with Crippen LogP contribution in [0.25, 0.3) is 22.0 Å². The minimum Gasteiger partial charge on any atom is -0.256 e. The standard InChI is InChI=1S/C28H18ClN/c29-22-14-15-24-23-10-4-5-11-25(23)28(26(24)18-22,20-8-2-1-3-9-20)21-13-12-19-7-6-16-30-27(19)17-21/h1-18H. The molecular formula is C28H18ClN. The van der Waals surface area contributed by atoms with E-state index < -0.39 is 5.41 Å². The Morgan fingerprint density at radius 3 is 2.30 bits per heavy atom. The van der Waals surface area contributed by atoms with Crippen LogP contribution in [0.15, 0.2) is 109 Å². The van der Waals surface area contributed by atoms with Crippen molar-refractivity contribution in [3.05, 3.63) is 137 Å². The molecule has 0 radical (unpaired) electrons. The SMILES string of the molecule is Clc1ccc2c(c1)C(c1ccccc1)(c1ccc3cccnc3c1)c1ccccc1-2. The van der Waals surface area contributed by atoms with Crippen molar-refractivity contribution in [2.75, 3.05) is 0 Å². The molecule has 142 valence electrons. The van der Waals surface area contributed by atoms with Gasteiger partial charge in [-0.15, -0.1) is 0 Å². The Morgan fingerprint density at radius 1 is 0.600 bits per heavy atom. The largest absolute Gasteiger partial charge is 0.256 e. The zero-order valence-corrected chi connectivity index (χ0v) is 17.0. The first kappa shape index (κ1) is 17.4. The molecule has 4 aromatic carbocycles. The third kappa shape index (κ3) is 2.33. The van der Waals surface area contributed by atoms with Crippen LogP contribution in [0.3, 0.4) is 0 Å². The van der Waals surface area contributed by atoms with Crippen molar-refractivity contribution in [3.63, 3.8) is 0 Å². The maximum absolute atomic E-state index is 6.55. The van der Waals surface area contributed by atoms with Crippen LogP contribution in [0.1, 0.15) is 22.3 Å². The minimum atomic E-state index is -0.441. The Balaban J connectivity index is 1.80. The normalized spacial score (nSPS) is 17.0. The number of halogens is 1. The van der Waals surface area contributed by atoms with Crippen molar-refractivity contribution in [2.24, 2.45) is 0 Å². The number of hydrogen-bond acceptors (Lipinski definition) is 1. The third-order valence-corrected chi connectivity index (χ3v) is 6.49. The summed E-state index contributed by atoms with van der Waals surface area (Å²) in [5.74, 6) is 0. The smallest absolute Gasteiger partial charge is 0.0714 e. The van der Waals surface area contributed by atoms with Crippen LogP contribution in [-0.4, -0.2) is 4.98 Å². The first-order valence-corrected chi connectivity index (χ1v) is 10.5. The lowest BCUT2D eigenvalue weighted by molar-refractivity contribution is 0.769. The number of pyridine rings is 1. The average molecular weight is 404 g/mol. The van der Waals surface area contributed by atoms with E-state index in [1.165, 1.54) is 33.4 Å². The fourth-order valence-corrected chi connectivity index (χ4v) is 5.20. The van der Waals surface area contributed by atoms with Crippen LogP contribution in [0, 0.1) is 0 Å². The van der Waals surface area contributed by atoms with Crippen LogP contribution in [0.5, 0.6) is 0 Å². The van der Waals surface area contributed by atoms with E-state index in [4.69, 9.17) is 11.6 Å². The van der Waals surface area contributed by atoms with Gasteiger partial charge in [0.15, 0.2) is 0 Å². The van der Waals surface area contributed by atoms with Gasteiger partial charge in [0.1, 0.15) is 0 Å². The molecule has 1 atom stereocenters. The Hall–Kier alpha value is -3.42. The van der Waals surface area contributed by atoms with E-state index in [1.807, 2.05) is 18.3 Å². The monoisotopic (exact) mass is 403 g/mol. The Labute approximate surface area is 180 Å². The van der Waals surface area contributed by atoms with Crippen molar-refractivity contribution < 1.29 is 0 Å². The fraction of sp³-hybridized carbons (Fsp3) is 0.0357. The molecule has 6 rings (SSSR count). The average Bonchev–Trinajstić information content (AvgIpc) is 3.09. The summed E-state index contributed by atoms with van der Waals surface area (Å²) in [5, 5.41) is 1.89. The zero-order valence-electron chi connectivity index (χ0n) is 16.2. The van der Waals surface area contributed by atoms with Crippen LogP contribution in [0.2, 0.25) is 5.02 Å². The molecule has 1 heterocycles. The molecule has 1 aliphatic carbocycles. The van der Waals surface area contributed by atoms with Gasteiger partial charge in [0.2, 0.25) is 0 Å². The van der Waals surface area contributed by atoms with Gasteiger partial charge in [0.25, 0.3) is 0 Å². The molecule has 0 aliphatic heterocycles. The third-order valence-electron chi connectivity index (χ3n) is 6.25. The van der Waals surface area contributed by atoms with E-state index in [0.717, 1.165) is 15.9 Å². The van der Waals surface area contributed by atoms with Crippen molar-refractivity contribution >= 4 is 22.5 Å². The lowest BCUT2D eigenvalue weighted by Gasteiger charge is -2.34. The highest BCUT2D eigenvalue weighted by molar-refractivity contribution is 6.30. The summed E-state index contributed by atoms with van der Waals surface area (Å²) in [7, 11) is 0. The summed E-state index contributed by atoms with van der Waals surface area (Å²) >= 11 is 6.55. The number of fused-ring (bicyclic) bond motifs is 4. The minimum absolute atomic E-state index is 0.441. The second-order valence-electron chi connectivity index (χ2n) is 7.76. The second kappa shape index (κ2) is 6.55. The Morgan fingerprint density at radius 2 is 1.40 bits per heavy atom. The van der Waals surface area contributed by atoms with Gasteiger partial charge in [-0.05, 0) is 57.6 Å². The van der Waals surface area contributed by atoms with Gasteiger partial charge in [0, 0.05) is 16.6 Å². The van der Waals surface area contributed by atoms with Gasteiger partial charge in [-0.25, -0.2) is 0 Å². The maximum atomic E-state index is 6.55. The summed E-state index contributed by atoms with van der Waals surface area (Å²) in [5.41, 5.74) is 7.99. The first-order chi connectivity index (χ1) is 14.8. The quantitative estimate of drug-likeness (QED) is 0.296. The number of hydrogen-bond donors (Lipinski definition) is 0. The molecule has 1 aromatic heterocycles. The predicted octanol–water partition coefficient (Wildman–Crippen LogP) is 7.25. The van der Waals surface area contributed by atoms with Gasteiger partial charge in [-0.1, -0.05) is 90.5 Å². The first-order valence-electron chi connectivity index (χ1n) is 10.1. The maximum Gasteiger partial charge on any atom is 0.0714 e. The van der Waals surface area contributed by atoms with E-state index in [-0.39, 0.29) is 0 Å². The number of nitrogens with zero attached hydrogens (tertiary/aromatic N) is 1. The summed E-state index contributed by atoms with van der Waals surface area (Å²) in [4.78, 5) is 4.64. The highest BCUT2D eigenvalue weighted by Crippen LogP contribution is 2.56. The predicted molar refractivity (Wildman–Crippen MR) is 124 cm³/mol. The van der Waals surface area contributed by atoms with Crippen molar-refractivity contribution in [1.82, 2.24) is 4.98 Å². The molecule has 0 saturated carbocycles. The molecule has 2 heteroatoms. The molecule has 1 aliphatic rings. The van der Waals surface area contributed by atoms with Gasteiger partial charge in [0.05, 0.1) is 10.9 Å². The number of benzene rings is 4. The summed E-state index contributed by atoms with van der Waals surface area (Å²) in [6.07, 6.45) is 1.86. The number of aromatic nitrogens is 1. The van der Waals surface area contributed by atoms with Crippen LogP contribution in [0.4, 0.5) is 0 Å². The van der Waals surface area contributed by atoms with E-state index in [1.54, 1.807) is 0 Å². The molecule has 0 amide bonds. The van der Waals surface area contributed by atoms with Crippen LogP contribution < -0.4 is 0 Å². The molecule has 30 heavy (non-hydrogen) atoms. The van der Waals surface area contributed by atoms with Gasteiger partial charge in [-0.3, -0.25) is 4.98 Å². The summed E-state index contributed by atoms with van der Waals surface area (Å²) in [6.45, 7) is 0. The molecular weight excluding hydrogens is 386 g/mol. The topological polar surface area (TPSA) is 12.9 Å². The molecule has 0 fully saturated rings. The van der Waals surface area contributed by atoms with E-state index >= 15 is 0 Å².